The number of hydrogen-bond donors (Lipinski definition) is 2. The average molecular weight is 339 g/mol. The molecule has 25 heavy (non-hydrogen) atoms. The first-order valence-electron chi connectivity index (χ1n) is 8.48. The largest absolute Gasteiger partial charge is 0.493 e. The Morgan fingerprint density at radius 2 is 1.80 bits per heavy atom. The quantitative estimate of drug-likeness (QED) is 0.644. The molecule has 0 unspecified atom stereocenters. The summed E-state index contributed by atoms with van der Waals surface area (Å²) in [7, 11) is 3.22. The van der Waals surface area contributed by atoms with Crippen LogP contribution in [0.4, 0.5) is 5.69 Å². The second kappa shape index (κ2) is 7.47. The molecule has 1 aliphatic carbocycles. The molecule has 0 amide bonds. The molecule has 3 N–H and O–H groups in total. The van der Waals surface area contributed by atoms with E-state index >= 15 is 0 Å². The van der Waals surface area contributed by atoms with Crippen LogP contribution in [0.15, 0.2) is 47.5 Å². The zero-order valence-electron chi connectivity index (χ0n) is 15.0. The molecular formula is C20H25N3O2. The van der Waals surface area contributed by atoms with Crippen molar-refractivity contribution in [3.05, 3.63) is 53.6 Å². The van der Waals surface area contributed by atoms with Gasteiger partial charge in [-0.05, 0) is 48.9 Å². The number of benzene rings is 2. The van der Waals surface area contributed by atoms with E-state index in [-0.39, 0.29) is 6.04 Å². The van der Waals surface area contributed by atoms with Crippen molar-refractivity contribution in [3.63, 3.8) is 0 Å². The van der Waals surface area contributed by atoms with Gasteiger partial charge >= 0.3 is 0 Å². The van der Waals surface area contributed by atoms with Gasteiger partial charge in [-0.2, -0.15) is 0 Å². The standard InChI is InChI=1S/C20H25N3O2/c1-13-6-4-5-7-17(13)14-10-16(11-14)23-20(21)22-15-8-9-18(24-2)19(12-15)25-3/h4-9,12,14,16H,10-11H2,1-3H3,(H3,21,22,23). The Bertz CT molecular complexity index is 767. The van der Waals surface area contributed by atoms with Gasteiger partial charge in [0.25, 0.3) is 0 Å². The lowest BCUT2D eigenvalue weighted by Gasteiger charge is -2.34. The SMILES string of the molecule is COc1ccc(NC(N)=NC2CC(c3ccccc3C)C2)cc1OC. The Labute approximate surface area is 148 Å². The zero-order chi connectivity index (χ0) is 17.8. The Morgan fingerprint density at radius 1 is 1.08 bits per heavy atom. The third-order valence-electron chi connectivity index (χ3n) is 4.72. The van der Waals surface area contributed by atoms with Crippen LogP contribution in [0.25, 0.3) is 0 Å². The summed E-state index contributed by atoms with van der Waals surface area (Å²) in [5, 5.41) is 3.13. The van der Waals surface area contributed by atoms with E-state index in [2.05, 4.69) is 41.5 Å². The molecule has 0 radical (unpaired) electrons. The summed E-state index contributed by atoms with van der Waals surface area (Å²) in [5.74, 6) is 2.36. The number of methoxy groups -OCH3 is 2. The van der Waals surface area contributed by atoms with Crippen LogP contribution >= 0.6 is 0 Å². The van der Waals surface area contributed by atoms with E-state index in [0.29, 0.717) is 23.4 Å². The molecule has 1 fully saturated rings. The van der Waals surface area contributed by atoms with Crippen molar-refractivity contribution in [3.8, 4) is 11.5 Å². The highest BCUT2D eigenvalue weighted by atomic mass is 16.5. The Balaban J connectivity index is 1.59. The highest BCUT2D eigenvalue weighted by molar-refractivity contribution is 5.92. The Morgan fingerprint density at radius 3 is 2.48 bits per heavy atom. The molecule has 3 rings (SSSR count). The third-order valence-corrected chi connectivity index (χ3v) is 4.72. The maximum atomic E-state index is 6.06. The van der Waals surface area contributed by atoms with Gasteiger partial charge in [-0.25, -0.2) is 4.99 Å². The lowest BCUT2D eigenvalue weighted by atomic mass is 9.75. The van der Waals surface area contributed by atoms with E-state index in [0.717, 1.165) is 18.5 Å². The Hall–Kier alpha value is -2.69. The first kappa shape index (κ1) is 17.1. The van der Waals surface area contributed by atoms with Gasteiger partial charge in [-0.1, -0.05) is 24.3 Å². The van der Waals surface area contributed by atoms with Crippen molar-refractivity contribution in [2.24, 2.45) is 10.7 Å². The molecule has 0 heterocycles. The number of anilines is 1. The van der Waals surface area contributed by atoms with E-state index in [9.17, 15) is 0 Å². The first-order valence-corrected chi connectivity index (χ1v) is 8.48. The molecular weight excluding hydrogens is 314 g/mol. The number of guanidine groups is 1. The molecule has 2 aromatic carbocycles. The number of nitrogens with two attached hydrogens (primary N) is 1. The number of hydrogen-bond acceptors (Lipinski definition) is 3. The second-order valence-electron chi connectivity index (χ2n) is 6.39. The molecule has 1 aliphatic rings. The minimum absolute atomic E-state index is 0.275. The smallest absolute Gasteiger partial charge is 0.193 e. The second-order valence-corrected chi connectivity index (χ2v) is 6.39. The highest BCUT2D eigenvalue weighted by Gasteiger charge is 2.31. The van der Waals surface area contributed by atoms with Crippen molar-refractivity contribution in [2.75, 3.05) is 19.5 Å². The van der Waals surface area contributed by atoms with Crippen LogP contribution in [-0.4, -0.2) is 26.2 Å². The van der Waals surface area contributed by atoms with Crippen molar-refractivity contribution in [2.45, 2.75) is 31.7 Å². The molecule has 5 heteroatoms. The average Bonchev–Trinajstić information content (AvgIpc) is 2.58. The van der Waals surface area contributed by atoms with Gasteiger partial charge in [0.05, 0.1) is 20.3 Å². The van der Waals surface area contributed by atoms with Gasteiger partial charge in [0, 0.05) is 11.8 Å². The van der Waals surface area contributed by atoms with Crippen LogP contribution in [0.5, 0.6) is 11.5 Å². The van der Waals surface area contributed by atoms with E-state index in [4.69, 9.17) is 15.2 Å². The molecule has 0 bridgehead atoms. The number of nitrogens with zero attached hydrogens (tertiary/aromatic N) is 1. The molecule has 0 spiro atoms. The fourth-order valence-corrected chi connectivity index (χ4v) is 3.28. The fourth-order valence-electron chi connectivity index (χ4n) is 3.28. The van der Waals surface area contributed by atoms with Crippen molar-refractivity contribution in [1.29, 1.82) is 0 Å². The normalized spacial score (nSPS) is 19.9. The Kier molecular flexibility index (Phi) is 5.12. The van der Waals surface area contributed by atoms with E-state index < -0.39 is 0 Å². The number of rotatable bonds is 5. The molecule has 5 nitrogen and oxygen atoms in total. The van der Waals surface area contributed by atoms with Crippen LogP contribution < -0.4 is 20.5 Å². The van der Waals surface area contributed by atoms with E-state index in [1.165, 1.54) is 11.1 Å². The topological polar surface area (TPSA) is 68.9 Å². The van der Waals surface area contributed by atoms with Gasteiger partial charge in [-0.15, -0.1) is 0 Å². The number of ether oxygens (including phenoxy) is 2. The van der Waals surface area contributed by atoms with Crippen molar-refractivity contribution >= 4 is 11.6 Å². The van der Waals surface area contributed by atoms with Crippen LogP contribution in [0.2, 0.25) is 0 Å². The van der Waals surface area contributed by atoms with Gasteiger partial charge in [0.15, 0.2) is 17.5 Å². The van der Waals surface area contributed by atoms with E-state index in [1.807, 2.05) is 18.2 Å². The molecule has 132 valence electrons. The highest BCUT2D eigenvalue weighted by Crippen LogP contribution is 2.40. The van der Waals surface area contributed by atoms with Crippen LogP contribution in [0.3, 0.4) is 0 Å². The van der Waals surface area contributed by atoms with Gasteiger partial charge in [0.1, 0.15) is 0 Å². The zero-order valence-corrected chi connectivity index (χ0v) is 15.0. The lowest BCUT2D eigenvalue weighted by Crippen LogP contribution is -2.31. The summed E-state index contributed by atoms with van der Waals surface area (Å²) < 4.78 is 10.5. The van der Waals surface area contributed by atoms with Crippen LogP contribution in [0, 0.1) is 6.92 Å². The number of aryl methyl sites for hydroxylation is 1. The summed E-state index contributed by atoms with van der Waals surface area (Å²) in [6.07, 6.45) is 2.08. The van der Waals surface area contributed by atoms with Gasteiger partial charge in [0.2, 0.25) is 0 Å². The van der Waals surface area contributed by atoms with E-state index in [1.54, 1.807) is 14.2 Å². The molecule has 0 atom stereocenters. The fraction of sp³-hybridized carbons (Fsp3) is 0.350. The first-order chi connectivity index (χ1) is 12.1. The maximum Gasteiger partial charge on any atom is 0.193 e. The van der Waals surface area contributed by atoms with Crippen molar-refractivity contribution < 1.29 is 9.47 Å². The van der Waals surface area contributed by atoms with Gasteiger partial charge < -0.3 is 20.5 Å². The van der Waals surface area contributed by atoms with Crippen LogP contribution in [-0.2, 0) is 0 Å². The molecule has 0 aliphatic heterocycles. The monoisotopic (exact) mass is 339 g/mol. The minimum Gasteiger partial charge on any atom is -0.493 e. The summed E-state index contributed by atoms with van der Waals surface area (Å²) in [6, 6.07) is 14.4. The minimum atomic E-state index is 0.275. The third kappa shape index (κ3) is 3.87. The van der Waals surface area contributed by atoms with Crippen LogP contribution in [0.1, 0.15) is 29.9 Å². The predicted octanol–water partition coefficient (Wildman–Crippen LogP) is 3.69. The number of aliphatic imine (C=N–C) groups is 1. The maximum absolute atomic E-state index is 6.06. The molecule has 2 aromatic rings. The van der Waals surface area contributed by atoms with Gasteiger partial charge in [-0.3, -0.25) is 0 Å². The van der Waals surface area contributed by atoms with Crippen molar-refractivity contribution in [1.82, 2.24) is 0 Å². The molecule has 1 saturated carbocycles. The number of nitrogens with one attached hydrogen (secondary N) is 1. The summed E-state index contributed by atoms with van der Waals surface area (Å²) in [6.45, 7) is 2.17. The summed E-state index contributed by atoms with van der Waals surface area (Å²) in [5.41, 5.74) is 9.67. The molecule has 0 saturated heterocycles. The predicted molar refractivity (Wildman–Crippen MR) is 102 cm³/mol. The summed E-state index contributed by atoms with van der Waals surface area (Å²) >= 11 is 0. The summed E-state index contributed by atoms with van der Waals surface area (Å²) in [4.78, 5) is 4.59. The molecule has 0 aromatic heterocycles. The lowest BCUT2D eigenvalue weighted by molar-refractivity contribution is 0.352.